The highest BCUT2D eigenvalue weighted by molar-refractivity contribution is 5.89. The Kier molecular flexibility index (Phi) is 5.24. The van der Waals surface area contributed by atoms with Gasteiger partial charge in [0.1, 0.15) is 18.2 Å². The Balaban J connectivity index is 1.72. The molecule has 2 aromatic rings. The van der Waals surface area contributed by atoms with Crippen LogP contribution in [0.5, 0.6) is 5.75 Å². The normalized spacial score (nSPS) is 10.1. The molecule has 0 aromatic heterocycles. The van der Waals surface area contributed by atoms with Gasteiger partial charge in [0.25, 0.3) is 0 Å². The van der Waals surface area contributed by atoms with Gasteiger partial charge in [-0.3, -0.25) is 0 Å². The van der Waals surface area contributed by atoms with Crippen molar-refractivity contribution in [2.75, 3.05) is 18.5 Å². The highest BCUT2D eigenvalue weighted by Gasteiger charge is 2.05. The first kappa shape index (κ1) is 15.7. The number of nitrogens with one attached hydrogen (secondary N) is 2. The molecule has 0 fully saturated rings. The molecule has 0 aliphatic carbocycles. The van der Waals surface area contributed by atoms with Gasteiger partial charge in [-0.15, -0.1) is 0 Å². The molecule has 0 spiro atoms. The fourth-order valence-electron chi connectivity index (χ4n) is 1.64. The highest BCUT2D eigenvalue weighted by atomic mass is 19.2. The van der Waals surface area contributed by atoms with Crippen molar-refractivity contribution in [1.29, 1.82) is 0 Å². The number of hydrogen-bond acceptors (Lipinski definition) is 2. The molecule has 2 aromatic carbocycles. The maximum absolute atomic E-state index is 13.0. The zero-order chi connectivity index (χ0) is 15.9. The van der Waals surface area contributed by atoms with Gasteiger partial charge in [-0.2, -0.15) is 0 Å². The summed E-state index contributed by atoms with van der Waals surface area (Å²) in [6.45, 7) is 0.292. The Labute approximate surface area is 124 Å². The van der Waals surface area contributed by atoms with Crippen molar-refractivity contribution in [1.82, 2.24) is 5.32 Å². The minimum absolute atomic E-state index is 0.127. The quantitative estimate of drug-likeness (QED) is 0.833. The van der Waals surface area contributed by atoms with Gasteiger partial charge in [-0.25, -0.2) is 18.0 Å². The standard InChI is InChI=1S/C15H13F3N2O2/c16-10-2-1-3-12(8-10)22-7-6-19-15(21)20-11-4-5-13(17)14(18)9-11/h1-5,8-9H,6-7H2,(H2,19,20,21). The van der Waals surface area contributed by atoms with Crippen LogP contribution in [0.4, 0.5) is 23.7 Å². The van der Waals surface area contributed by atoms with Crippen LogP contribution in [0, 0.1) is 17.5 Å². The molecule has 0 aliphatic rings. The molecule has 0 saturated carbocycles. The van der Waals surface area contributed by atoms with Crippen LogP contribution in [-0.4, -0.2) is 19.2 Å². The Hall–Kier alpha value is -2.70. The predicted molar refractivity (Wildman–Crippen MR) is 75.3 cm³/mol. The van der Waals surface area contributed by atoms with E-state index in [-0.39, 0.29) is 18.8 Å². The van der Waals surface area contributed by atoms with Crippen molar-refractivity contribution in [2.45, 2.75) is 0 Å². The first-order chi connectivity index (χ1) is 10.5. The average molecular weight is 310 g/mol. The minimum atomic E-state index is -1.05. The van der Waals surface area contributed by atoms with Crippen LogP contribution in [-0.2, 0) is 0 Å². The molecule has 4 nitrogen and oxygen atoms in total. The van der Waals surface area contributed by atoms with E-state index in [1.54, 1.807) is 6.07 Å². The fraction of sp³-hybridized carbons (Fsp3) is 0.133. The molecule has 0 bridgehead atoms. The lowest BCUT2D eigenvalue weighted by atomic mass is 10.3. The van der Waals surface area contributed by atoms with Crippen LogP contribution in [0.1, 0.15) is 0 Å². The number of halogens is 3. The summed E-state index contributed by atoms with van der Waals surface area (Å²) in [5.74, 6) is -2.11. The lowest BCUT2D eigenvalue weighted by Crippen LogP contribution is -2.32. The lowest BCUT2D eigenvalue weighted by molar-refractivity contribution is 0.247. The van der Waals surface area contributed by atoms with Gasteiger partial charge < -0.3 is 15.4 Å². The Morgan fingerprint density at radius 1 is 1.05 bits per heavy atom. The number of anilines is 1. The minimum Gasteiger partial charge on any atom is -0.492 e. The van der Waals surface area contributed by atoms with E-state index in [0.717, 1.165) is 12.1 Å². The third-order valence-corrected chi connectivity index (χ3v) is 2.63. The molecule has 22 heavy (non-hydrogen) atoms. The zero-order valence-corrected chi connectivity index (χ0v) is 11.4. The number of carbonyl (C=O) groups excluding carboxylic acids is 1. The van der Waals surface area contributed by atoms with Gasteiger partial charge in [0.05, 0.1) is 6.54 Å². The van der Waals surface area contributed by atoms with Gasteiger partial charge in [0.15, 0.2) is 11.6 Å². The van der Waals surface area contributed by atoms with Crippen molar-refractivity contribution in [3.8, 4) is 5.75 Å². The van der Waals surface area contributed by atoms with Crippen LogP contribution in [0.15, 0.2) is 42.5 Å². The summed E-state index contributed by atoms with van der Waals surface area (Å²) >= 11 is 0. The summed E-state index contributed by atoms with van der Waals surface area (Å²) in [5.41, 5.74) is 0.127. The van der Waals surface area contributed by atoms with Crippen LogP contribution in [0.3, 0.4) is 0 Å². The second kappa shape index (κ2) is 7.35. The van der Waals surface area contributed by atoms with Gasteiger partial charge in [0.2, 0.25) is 0 Å². The SMILES string of the molecule is O=C(NCCOc1cccc(F)c1)Nc1ccc(F)c(F)c1. The number of amides is 2. The number of hydrogen-bond donors (Lipinski definition) is 2. The third-order valence-electron chi connectivity index (χ3n) is 2.63. The number of ether oxygens (including phenoxy) is 1. The van der Waals surface area contributed by atoms with Crippen LogP contribution < -0.4 is 15.4 Å². The van der Waals surface area contributed by atoms with E-state index in [1.807, 2.05) is 0 Å². The highest BCUT2D eigenvalue weighted by Crippen LogP contribution is 2.13. The summed E-state index contributed by atoms with van der Waals surface area (Å²) in [4.78, 5) is 11.5. The van der Waals surface area contributed by atoms with E-state index >= 15 is 0 Å². The summed E-state index contributed by atoms with van der Waals surface area (Å²) in [5, 5.41) is 4.81. The van der Waals surface area contributed by atoms with Gasteiger partial charge >= 0.3 is 6.03 Å². The van der Waals surface area contributed by atoms with Gasteiger partial charge in [0, 0.05) is 17.8 Å². The molecule has 0 atom stereocenters. The molecule has 0 unspecified atom stereocenters. The zero-order valence-electron chi connectivity index (χ0n) is 11.4. The molecule has 2 N–H and O–H groups in total. The fourth-order valence-corrected chi connectivity index (χ4v) is 1.64. The van der Waals surface area contributed by atoms with Crippen molar-refractivity contribution in [2.24, 2.45) is 0 Å². The van der Waals surface area contributed by atoms with Crippen LogP contribution in [0.25, 0.3) is 0 Å². The molecule has 116 valence electrons. The molecule has 0 saturated heterocycles. The Bertz CT molecular complexity index is 665. The first-order valence-electron chi connectivity index (χ1n) is 6.43. The number of carbonyl (C=O) groups is 1. The van der Waals surface area contributed by atoms with Crippen LogP contribution in [0.2, 0.25) is 0 Å². The monoisotopic (exact) mass is 310 g/mol. The Morgan fingerprint density at radius 3 is 2.59 bits per heavy atom. The predicted octanol–water partition coefficient (Wildman–Crippen LogP) is 3.30. The number of urea groups is 1. The molecule has 0 heterocycles. The third kappa shape index (κ3) is 4.69. The smallest absolute Gasteiger partial charge is 0.319 e. The van der Waals surface area contributed by atoms with E-state index in [4.69, 9.17) is 4.74 Å². The van der Waals surface area contributed by atoms with Crippen LogP contribution >= 0.6 is 0 Å². The van der Waals surface area contributed by atoms with Crippen molar-refractivity contribution in [3.05, 3.63) is 59.9 Å². The molecule has 7 heteroatoms. The Morgan fingerprint density at radius 2 is 1.86 bits per heavy atom. The molecule has 2 rings (SSSR count). The van der Waals surface area contributed by atoms with E-state index in [2.05, 4.69) is 10.6 Å². The molecular weight excluding hydrogens is 297 g/mol. The first-order valence-corrected chi connectivity index (χ1v) is 6.43. The summed E-state index contributed by atoms with van der Waals surface area (Å²) in [7, 11) is 0. The van der Waals surface area contributed by atoms with Crippen molar-refractivity contribution >= 4 is 11.7 Å². The maximum atomic E-state index is 13.0. The van der Waals surface area contributed by atoms with Gasteiger partial charge in [-0.05, 0) is 24.3 Å². The van der Waals surface area contributed by atoms with E-state index < -0.39 is 23.5 Å². The second-order valence-corrected chi connectivity index (χ2v) is 4.32. The molecule has 0 radical (unpaired) electrons. The molecular formula is C15H13F3N2O2. The molecule has 0 aliphatic heterocycles. The largest absolute Gasteiger partial charge is 0.492 e. The van der Waals surface area contributed by atoms with E-state index in [1.165, 1.54) is 24.3 Å². The average Bonchev–Trinajstić information content (AvgIpc) is 2.48. The number of benzene rings is 2. The summed E-state index contributed by atoms with van der Waals surface area (Å²) < 4.78 is 43.8. The van der Waals surface area contributed by atoms with E-state index in [0.29, 0.717) is 5.75 Å². The maximum Gasteiger partial charge on any atom is 0.319 e. The van der Waals surface area contributed by atoms with E-state index in [9.17, 15) is 18.0 Å². The topological polar surface area (TPSA) is 50.4 Å². The summed E-state index contributed by atoms with van der Waals surface area (Å²) in [6, 6.07) is 8.05. The van der Waals surface area contributed by atoms with Crippen molar-refractivity contribution < 1.29 is 22.7 Å². The van der Waals surface area contributed by atoms with Gasteiger partial charge in [-0.1, -0.05) is 6.07 Å². The van der Waals surface area contributed by atoms with Crippen molar-refractivity contribution in [3.63, 3.8) is 0 Å². The lowest BCUT2D eigenvalue weighted by Gasteiger charge is -2.09. The second-order valence-electron chi connectivity index (χ2n) is 4.32. The number of rotatable bonds is 5. The molecule has 2 amide bonds. The summed E-state index contributed by atoms with van der Waals surface area (Å²) in [6.07, 6.45) is 0.